The zero-order valence-corrected chi connectivity index (χ0v) is 12.2. The summed E-state index contributed by atoms with van der Waals surface area (Å²) in [6, 6.07) is 6.01. The van der Waals surface area contributed by atoms with Gasteiger partial charge in [-0.2, -0.15) is 22.8 Å². The van der Waals surface area contributed by atoms with Crippen molar-refractivity contribution in [2.75, 3.05) is 12.8 Å². The Bertz CT molecular complexity index is 795. The quantitative estimate of drug-likeness (QED) is 0.678. The van der Waals surface area contributed by atoms with E-state index in [0.29, 0.717) is 15.8 Å². The Hall–Kier alpha value is -3.17. The van der Waals surface area contributed by atoms with E-state index < -0.39 is 29.8 Å². The van der Waals surface area contributed by atoms with Crippen LogP contribution in [0.25, 0.3) is 6.08 Å². The minimum Gasteiger partial charge on any atom is -0.465 e. The van der Waals surface area contributed by atoms with Crippen LogP contribution in [0, 0.1) is 0 Å². The first-order valence-electron chi connectivity index (χ1n) is 6.43. The molecule has 0 amide bonds. The number of ether oxygens (including phenoxy) is 1. The molecule has 0 saturated carbocycles. The van der Waals surface area contributed by atoms with Gasteiger partial charge >= 0.3 is 12.1 Å². The standard InChI is InChI=1S/C14H11F3N4O3/c1-24-11(23)9-5-2-8(3-6-9)4-7-10(22)21-13(18)19-12(20-21)14(15,16)17/h2-7H,1H3,(H2,18,19,20)/b7-4+. The predicted molar refractivity (Wildman–Crippen MR) is 76.9 cm³/mol. The number of esters is 1. The van der Waals surface area contributed by atoms with Gasteiger partial charge < -0.3 is 10.5 Å². The van der Waals surface area contributed by atoms with Crippen LogP contribution in [-0.4, -0.2) is 33.8 Å². The average Bonchev–Trinajstić information content (AvgIpc) is 2.94. The third kappa shape index (κ3) is 3.77. The smallest absolute Gasteiger partial charge is 0.453 e. The summed E-state index contributed by atoms with van der Waals surface area (Å²) in [5.41, 5.74) is 6.11. The number of nitrogens with zero attached hydrogens (tertiary/aromatic N) is 3. The third-order valence-electron chi connectivity index (χ3n) is 2.84. The number of methoxy groups -OCH3 is 1. The average molecular weight is 340 g/mol. The normalized spacial score (nSPS) is 11.7. The van der Waals surface area contributed by atoms with Crippen molar-refractivity contribution in [1.29, 1.82) is 0 Å². The highest BCUT2D eigenvalue weighted by atomic mass is 19.4. The number of benzene rings is 1. The zero-order valence-electron chi connectivity index (χ0n) is 12.2. The number of rotatable bonds is 3. The van der Waals surface area contributed by atoms with Crippen LogP contribution >= 0.6 is 0 Å². The molecule has 2 rings (SSSR count). The van der Waals surface area contributed by atoms with E-state index in [4.69, 9.17) is 5.73 Å². The van der Waals surface area contributed by atoms with Gasteiger partial charge in [0.15, 0.2) is 0 Å². The molecule has 7 nitrogen and oxygen atoms in total. The van der Waals surface area contributed by atoms with Crippen LogP contribution in [0.4, 0.5) is 19.1 Å². The van der Waals surface area contributed by atoms with E-state index in [0.717, 1.165) is 6.08 Å². The van der Waals surface area contributed by atoms with Crippen molar-refractivity contribution in [2.45, 2.75) is 6.18 Å². The Balaban J connectivity index is 2.16. The summed E-state index contributed by atoms with van der Waals surface area (Å²) >= 11 is 0. The maximum absolute atomic E-state index is 12.5. The maximum atomic E-state index is 12.5. The largest absolute Gasteiger partial charge is 0.465 e. The van der Waals surface area contributed by atoms with Crippen LogP contribution in [0.15, 0.2) is 30.3 Å². The summed E-state index contributed by atoms with van der Waals surface area (Å²) in [6.45, 7) is 0. The Morgan fingerprint density at radius 2 is 1.88 bits per heavy atom. The number of nitrogen functional groups attached to an aromatic ring is 1. The van der Waals surface area contributed by atoms with Crippen molar-refractivity contribution in [2.24, 2.45) is 0 Å². The van der Waals surface area contributed by atoms with Crippen LogP contribution in [0.5, 0.6) is 0 Å². The van der Waals surface area contributed by atoms with Gasteiger partial charge in [0.1, 0.15) is 0 Å². The zero-order chi connectivity index (χ0) is 17.9. The van der Waals surface area contributed by atoms with Gasteiger partial charge in [-0.1, -0.05) is 12.1 Å². The van der Waals surface area contributed by atoms with Crippen molar-refractivity contribution in [3.63, 3.8) is 0 Å². The molecular weight excluding hydrogens is 329 g/mol. The Morgan fingerprint density at radius 1 is 1.25 bits per heavy atom. The molecule has 126 valence electrons. The molecule has 0 bridgehead atoms. The summed E-state index contributed by atoms with van der Waals surface area (Å²) in [7, 11) is 1.24. The first-order chi connectivity index (χ1) is 11.2. The Labute approximate surface area is 133 Å². The van der Waals surface area contributed by atoms with E-state index in [-0.39, 0.29) is 0 Å². The van der Waals surface area contributed by atoms with E-state index in [1.54, 1.807) is 0 Å². The highest BCUT2D eigenvalue weighted by Crippen LogP contribution is 2.26. The van der Waals surface area contributed by atoms with E-state index in [2.05, 4.69) is 14.8 Å². The van der Waals surface area contributed by atoms with Crippen molar-refractivity contribution < 1.29 is 27.5 Å². The summed E-state index contributed by atoms with van der Waals surface area (Å²) in [6.07, 6.45) is -2.48. The van der Waals surface area contributed by atoms with Crippen LogP contribution < -0.4 is 5.73 Å². The molecule has 2 N–H and O–H groups in total. The number of alkyl halides is 3. The van der Waals surface area contributed by atoms with Crippen molar-refractivity contribution in [3.05, 3.63) is 47.3 Å². The minimum atomic E-state index is -4.80. The summed E-state index contributed by atoms with van der Waals surface area (Å²) < 4.78 is 42.3. The first kappa shape index (κ1) is 17.2. The van der Waals surface area contributed by atoms with Gasteiger partial charge in [0.2, 0.25) is 5.95 Å². The maximum Gasteiger partial charge on any atom is 0.453 e. The summed E-state index contributed by atoms with van der Waals surface area (Å²) in [5, 5.41) is 3.04. The van der Waals surface area contributed by atoms with E-state index >= 15 is 0 Å². The number of carbonyl (C=O) groups is 2. The van der Waals surface area contributed by atoms with Crippen LogP contribution in [0.1, 0.15) is 26.5 Å². The van der Waals surface area contributed by atoms with Gasteiger partial charge in [-0.05, 0) is 23.8 Å². The molecule has 2 aromatic rings. The number of hydrogen-bond donors (Lipinski definition) is 1. The molecule has 0 spiro atoms. The number of hydrogen-bond acceptors (Lipinski definition) is 6. The van der Waals surface area contributed by atoms with Gasteiger partial charge in [0.05, 0.1) is 12.7 Å². The second-order valence-electron chi connectivity index (χ2n) is 4.49. The molecule has 0 aliphatic carbocycles. The monoisotopic (exact) mass is 340 g/mol. The lowest BCUT2D eigenvalue weighted by atomic mass is 10.1. The molecule has 1 aromatic heterocycles. The fourth-order valence-electron chi connectivity index (χ4n) is 1.69. The molecule has 1 aromatic carbocycles. The van der Waals surface area contributed by atoms with Crippen LogP contribution in [0.3, 0.4) is 0 Å². The molecule has 0 radical (unpaired) electrons. The molecule has 0 saturated heterocycles. The second-order valence-corrected chi connectivity index (χ2v) is 4.49. The highest BCUT2D eigenvalue weighted by Gasteiger charge is 2.37. The van der Waals surface area contributed by atoms with Gasteiger partial charge in [0, 0.05) is 6.08 Å². The molecule has 10 heteroatoms. The van der Waals surface area contributed by atoms with Crippen molar-refractivity contribution in [3.8, 4) is 0 Å². The lowest BCUT2D eigenvalue weighted by molar-refractivity contribution is -0.144. The third-order valence-corrected chi connectivity index (χ3v) is 2.84. The van der Waals surface area contributed by atoms with Crippen molar-refractivity contribution >= 4 is 23.9 Å². The fraction of sp³-hybridized carbons (Fsp3) is 0.143. The minimum absolute atomic E-state index is 0.316. The second kappa shape index (κ2) is 6.52. The number of anilines is 1. The highest BCUT2D eigenvalue weighted by molar-refractivity contribution is 5.94. The molecule has 0 aliphatic heterocycles. The molecule has 1 heterocycles. The predicted octanol–water partition coefficient (Wildman–Crippen LogP) is 2.02. The molecule has 0 atom stereocenters. The van der Waals surface area contributed by atoms with Gasteiger partial charge in [0.25, 0.3) is 11.7 Å². The topological polar surface area (TPSA) is 100 Å². The number of carbonyl (C=O) groups excluding carboxylic acids is 2. The summed E-state index contributed by atoms with van der Waals surface area (Å²) in [4.78, 5) is 26.1. The van der Waals surface area contributed by atoms with Gasteiger partial charge in [-0.25, -0.2) is 4.79 Å². The van der Waals surface area contributed by atoms with Crippen LogP contribution in [-0.2, 0) is 10.9 Å². The van der Waals surface area contributed by atoms with Crippen molar-refractivity contribution in [1.82, 2.24) is 14.8 Å². The molecule has 0 fully saturated rings. The Morgan fingerprint density at radius 3 is 2.38 bits per heavy atom. The fourth-order valence-corrected chi connectivity index (χ4v) is 1.69. The lowest BCUT2D eigenvalue weighted by Crippen LogP contribution is -2.14. The molecule has 24 heavy (non-hydrogen) atoms. The van der Waals surface area contributed by atoms with Gasteiger partial charge in [-0.3, -0.25) is 4.79 Å². The van der Waals surface area contributed by atoms with Crippen LogP contribution in [0.2, 0.25) is 0 Å². The first-order valence-corrected chi connectivity index (χ1v) is 6.43. The SMILES string of the molecule is COC(=O)c1ccc(/C=C/C(=O)n2nc(C(F)(F)F)nc2N)cc1. The number of nitrogens with two attached hydrogens (primary N) is 1. The number of halogens is 3. The van der Waals surface area contributed by atoms with E-state index in [9.17, 15) is 22.8 Å². The number of allylic oxidation sites excluding steroid dienone is 1. The van der Waals surface area contributed by atoms with Gasteiger partial charge in [-0.15, -0.1) is 5.10 Å². The van der Waals surface area contributed by atoms with E-state index in [1.807, 2.05) is 0 Å². The summed E-state index contributed by atoms with van der Waals surface area (Å²) in [5.74, 6) is -3.58. The molecule has 0 unspecified atom stereocenters. The Kier molecular flexibility index (Phi) is 4.67. The molecular formula is C14H11F3N4O3. The number of aromatic nitrogens is 3. The lowest BCUT2D eigenvalue weighted by Gasteiger charge is -2.00. The molecule has 0 aliphatic rings. The van der Waals surface area contributed by atoms with E-state index in [1.165, 1.54) is 37.5 Å².